The van der Waals surface area contributed by atoms with E-state index in [0.717, 1.165) is 36.9 Å². The molecule has 0 amide bonds. The van der Waals surface area contributed by atoms with Crippen LogP contribution < -0.4 is 10.0 Å². The van der Waals surface area contributed by atoms with Crippen LogP contribution in [0.5, 0.6) is 0 Å². The van der Waals surface area contributed by atoms with E-state index in [0.29, 0.717) is 12.6 Å². The molecule has 0 unspecified atom stereocenters. The highest BCUT2D eigenvalue weighted by molar-refractivity contribution is 7.89. The molecule has 0 saturated heterocycles. The van der Waals surface area contributed by atoms with Gasteiger partial charge in [0, 0.05) is 29.9 Å². The van der Waals surface area contributed by atoms with Crippen molar-refractivity contribution in [1.82, 2.24) is 20.2 Å². The van der Waals surface area contributed by atoms with Gasteiger partial charge in [-0.2, -0.15) is 5.10 Å². The van der Waals surface area contributed by atoms with Gasteiger partial charge < -0.3 is 5.32 Å². The van der Waals surface area contributed by atoms with Gasteiger partial charge in [-0.05, 0) is 32.6 Å². The Morgan fingerprint density at radius 1 is 1.14 bits per heavy atom. The molecule has 0 radical (unpaired) electrons. The topological polar surface area (TPSA) is 86.9 Å². The zero-order chi connectivity index (χ0) is 14.9. The fourth-order valence-corrected chi connectivity index (χ4v) is 4.39. The quantitative estimate of drug-likeness (QED) is 0.744. The van der Waals surface area contributed by atoms with Gasteiger partial charge in [0.1, 0.15) is 0 Å². The number of hydrogen-bond acceptors (Lipinski definition) is 4. The molecule has 2 aliphatic rings. The zero-order valence-electron chi connectivity index (χ0n) is 12.5. The van der Waals surface area contributed by atoms with E-state index in [-0.39, 0.29) is 11.1 Å². The molecule has 118 valence electrons. The summed E-state index contributed by atoms with van der Waals surface area (Å²) >= 11 is 0. The first-order valence-electron chi connectivity index (χ1n) is 7.86. The molecular formula is C14H24N4O2S. The van der Waals surface area contributed by atoms with Crippen molar-refractivity contribution in [1.29, 1.82) is 0 Å². The second-order valence-corrected chi connectivity index (χ2v) is 7.87. The summed E-state index contributed by atoms with van der Waals surface area (Å²) in [6.45, 7) is 2.43. The first-order chi connectivity index (χ1) is 10.1. The van der Waals surface area contributed by atoms with E-state index in [1.807, 2.05) is 6.92 Å². The third kappa shape index (κ3) is 3.64. The number of aryl methyl sites for hydroxylation is 1. The van der Waals surface area contributed by atoms with Crippen molar-refractivity contribution in [3.05, 3.63) is 11.3 Å². The van der Waals surface area contributed by atoms with Crippen molar-refractivity contribution in [3.63, 3.8) is 0 Å². The molecule has 2 saturated carbocycles. The van der Waals surface area contributed by atoms with Gasteiger partial charge in [0.2, 0.25) is 0 Å². The molecule has 0 atom stereocenters. The van der Waals surface area contributed by atoms with Crippen molar-refractivity contribution in [2.24, 2.45) is 0 Å². The van der Waals surface area contributed by atoms with Gasteiger partial charge in [-0.15, -0.1) is 0 Å². The van der Waals surface area contributed by atoms with Crippen LogP contribution in [0.1, 0.15) is 56.2 Å². The summed E-state index contributed by atoms with van der Waals surface area (Å²) in [4.78, 5) is 0. The molecule has 2 aliphatic carbocycles. The molecule has 3 N–H and O–H groups in total. The third-order valence-corrected chi connectivity index (χ3v) is 5.85. The lowest BCUT2D eigenvalue weighted by Gasteiger charge is -2.22. The highest BCUT2D eigenvalue weighted by Gasteiger charge is 2.28. The number of nitrogens with zero attached hydrogens (tertiary/aromatic N) is 1. The van der Waals surface area contributed by atoms with Gasteiger partial charge >= 0.3 is 0 Å². The maximum Gasteiger partial charge on any atom is 0.260 e. The number of nitrogens with one attached hydrogen (secondary N) is 3. The summed E-state index contributed by atoms with van der Waals surface area (Å²) in [5.41, 5.74) is 1.59. The van der Waals surface area contributed by atoms with E-state index < -0.39 is 10.0 Å². The van der Waals surface area contributed by atoms with Crippen molar-refractivity contribution >= 4 is 10.0 Å². The Hall–Kier alpha value is -0.920. The molecule has 1 heterocycles. The van der Waals surface area contributed by atoms with Crippen LogP contribution in [0.2, 0.25) is 0 Å². The second kappa shape index (κ2) is 6.06. The van der Waals surface area contributed by atoms with E-state index in [2.05, 4.69) is 20.2 Å². The Bertz CT molecular complexity index is 586. The number of H-pyrrole nitrogens is 1. The molecule has 21 heavy (non-hydrogen) atoms. The molecule has 0 spiro atoms. The van der Waals surface area contributed by atoms with E-state index >= 15 is 0 Å². The first kappa shape index (κ1) is 15.0. The van der Waals surface area contributed by atoms with Gasteiger partial charge in [0.15, 0.2) is 5.03 Å². The summed E-state index contributed by atoms with van der Waals surface area (Å²) in [5.74, 6) is 0. The lowest BCUT2D eigenvalue weighted by molar-refractivity contribution is 0.411. The fourth-order valence-electron chi connectivity index (χ4n) is 2.89. The normalized spacial score (nSPS) is 20.8. The molecule has 1 aromatic rings. The molecule has 0 aliphatic heterocycles. The summed E-state index contributed by atoms with van der Waals surface area (Å²) in [6.07, 6.45) is 7.62. The number of rotatable bonds is 6. The first-order valence-corrected chi connectivity index (χ1v) is 9.34. The van der Waals surface area contributed by atoms with Crippen molar-refractivity contribution in [2.75, 3.05) is 0 Å². The van der Waals surface area contributed by atoms with Gasteiger partial charge in [-0.25, -0.2) is 13.1 Å². The molecular weight excluding hydrogens is 288 g/mol. The molecule has 7 heteroatoms. The Labute approximate surface area is 126 Å². The van der Waals surface area contributed by atoms with Crippen LogP contribution in [0.25, 0.3) is 0 Å². The Morgan fingerprint density at radius 3 is 2.52 bits per heavy atom. The van der Waals surface area contributed by atoms with Crippen LogP contribution in [-0.2, 0) is 16.6 Å². The standard InChI is InChI=1S/C14H24N4O2S/c1-10-13(9-15-11-7-8-11)14(17-16-10)21(19,20)18-12-5-3-2-4-6-12/h11-12,15,18H,2-9H2,1H3,(H,16,17). The Morgan fingerprint density at radius 2 is 1.86 bits per heavy atom. The van der Waals surface area contributed by atoms with Crippen LogP contribution >= 0.6 is 0 Å². The lowest BCUT2D eigenvalue weighted by Crippen LogP contribution is -2.37. The van der Waals surface area contributed by atoms with E-state index in [1.165, 1.54) is 19.3 Å². The SMILES string of the molecule is Cc1[nH]nc(S(=O)(=O)NC2CCCCC2)c1CNC1CC1. The monoisotopic (exact) mass is 312 g/mol. The minimum Gasteiger partial charge on any atom is -0.310 e. The minimum atomic E-state index is -3.53. The molecule has 0 aromatic carbocycles. The van der Waals surface area contributed by atoms with Crippen LogP contribution in [0.4, 0.5) is 0 Å². The van der Waals surface area contributed by atoms with Gasteiger partial charge in [0.05, 0.1) is 0 Å². The molecule has 1 aromatic heterocycles. The van der Waals surface area contributed by atoms with E-state index in [1.54, 1.807) is 0 Å². The highest BCUT2D eigenvalue weighted by Crippen LogP contribution is 2.23. The number of aromatic amines is 1. The van der Waals surface area contributed by atoms with Crippen molar-refractivity contribution < 1.29 is 8.42 Å². The number of hydrogen-bond donors (Lipinski definition) is 3. The summed E-state index contributed by atoms with van der Waals surface area (Å²) in [6, 6.07) is 0.603. The second-order valence-electron chi connectivity index (χ2n) is 6.24. The molecule has 6 nitrogen and oxygen atoms in total. The maximum atomic E-state index is 12.6. The van der Waals surface area contributed by atoms with Crippen LogP contribution in [-0.4, -0.2) is 30.7 Å². The average Bonchev–Trinajstić information content (AvgIpc) is 3.20. The van der Waals surface area contributed by atoms with Crippen molar-refractivity contribution in [3.8, 4) is 0 Å². The number of sulfonamides is 1. The van der Waals surface area contributed by atoms with Crippen LogP contribution in [0, 0.1) is 6.92 Å². The Kier molecular flexibility index (Phi) is 4.33. The lowest BCUT2D eigenvalue weighted by atomic mass is 9.96. The molecule has 0 bridgehead atoms. The van der Waals surface area contributed by atoms with E-state index in [4.69, 9.17) is 0 Å². The van der Waals surface area contributed by atoms with E-state index in [9.17, 15) is 8.42 Å². The summed E-state index contributed by atoms with van der Waals surface area (Å²) in [5, 5.41) is 10.4. The number of aromatic nitrogens is 2. The molecule has 2 fully saturated rings. The average molecular weight is 312 g/mol. The smallest absolute Gasteiger partial charge is 0.260 e. The summed E-state index contributed by atoms with van der Waals surface area (Å²) in [7, 11) is -3.53. The van der Waals surface area contributed by atoms with Gasteiger partial charge in [0.25, 0.3) is 10.0 Å². The minimum absolute atomic E-state index is 0.0602. The van der Waals surface area contributed by atoms with Crippen molar-refractivity contribution in [2.45, 2.75) is 75.5 Å². The highest BCUT2D eigenvalue weighted by atomic mass is 32.2. The van der Waals surface area contributed by atoms with Gasteiger partial charge in [-0.1, -0.05) is 19.3 Å². The summed E-state index contributed by atoms with van der Waals surface area (Å²) < 4.78 is 28.0. The van der Waals surface area contributed by atoms with Crippen LogP contribution in [0.3, 0.4) is 0 Å². The predicted molar refractivity (Wildman–Crippen MR) is 80.4 cm³/mol. The van der Waals surface area contributed by atoms with Crippen LogP contribution in [0.15, 0.2) is 5.03 Å². The largest absolute Gasteiger partial charge is 0.310 e. The zero-order valence-corrected chi connectivity index (χ0v) is 13.3. The fraction of sp³-hybridized carbons (Fsp3) is 0.786. The Balaban J connectivity index is 1.73. The van der Waals surface area contributed by atoms with Gasteiger partial charge in [-0.3, -0.25) is 5.10 Å². The maximum absolute atomic E-state index is 12.6. The third-order valence-electron chi connectivity index (χ3n) is 4.36. The predicted octanol–water partition coefficient (Wildman–Crippen LogP) is 1.58. The molecule has 3 rings (SSSR count).